The van der Waals surface area contributed by atoms with E-state index in [4.69, 9.17) is 16.3 Å². The van der Waals surface area contributed by atoms with Crippen molar-refractivity contribution >= 4 is 34.1 Å². The fraction of sp³-hybridized carbons (Fsp3) is 0.211. The minimum Gasteiger partial charge on any atom is -0.493 e. The molecule has 1 atom stereocenters. The summed E-state index contributed by atoms with van der Waals surface area (Å²) in [5.41, 5.74) is 1.49. The number of nitrogens with zero attached hydrogens (tertiary/aromatic N) is 3. The highest BCUT2D eigenvalue weighted by Gasteiger charge is 2.18. The average Bonchev–Trinajstić information content (AvgIpc) is 2.92. The van der Waals surface area contributed by atoms with Gasteiger partial charge in [0.05, 0.1) is 5.52 Å². The Hall–Kier alpha value is -2.90. The third-order valence-electron chi connectivity index (χ3n) is 4.10. The molecule has 0 spiro atoms. The highest BCUT2D eigenvalue weighted by atomic mass is 35.5. The van der Waals surface area contributed by atoms with E-state index in [0.29, 0.717) is 21.7 Å². The number of ether oxygens (including phenoxy) is 1. The Morgan fingerprint density at radius 1 is 1.30 bits per heavy atom. The number of hydrogen-bond donors (Lipinski definition) is 2. The molecule has 140 valence electrons. The summed E-state index contributed by atoms with van der Waals surface area (Å²) in [6.07, 6.45) is -0.873. The van der Waals surface area contributed by atoms with Crippen LogP contribution in [0.25, 0.3) is 10.9 Å². The molecule has 2 N–H and O–H groups in total. The van der Waals surface area contributed by atoms with Gasteiger partial charge in [0.1, 0.15) is 12.5 Å². The summed E-state index contributed by atoms with van der Waals surface area (Å²) in [7, 11) is 0. The minimum absolute atomic E-state index is 0.114. The largest absolute Gasteiger partial charge is 0.493 e. The van der Waals surface area contributed by atoms with Gasteiger partial charge in [0, 0.05) is 10.4 Å². The van der Waals surface area contributed by atoms with Crippen LogP contribution in [-0.2, 0) is 11.5 Å². The number of aromatic nitrogens is 1. The number of amides is 1. The molecule has 0 fully saturated rings. The van der Waals surface area contributed by atoms with Crippen LogP contribution in [-0.4, -0.2) is 26.8 Å². The van der Waals surface area contributed by atoms with E-state index in [2.05, 4.69) is 10.2 Å². The number of halogens is 1. The van der Waals surface area contributed by atoms with Crippen LogP contribution in [0.15, 0.2) is 52.7 Å². The summed E-state index contributed by atoms with van der Waals surface area (Å²) >= 11 is 5.91. The molecule has 2 aromatic carbocycles. The number of hydrogen-bond acceptors (Lipinski definition) is 5. The van der Waals surface area contributed by atoms with Gasteiger partial charge < -0.3 is 14.9 Å². The van der Waals surface area contributed by atoms with Crippen LogP contribution in [0.5, 0.6) is 11.6 Å². The molecule has 8 heteroatoms. The Labute approximate surface area is 160 Å². The molecule has 0 saturated heterocycles. The molecular formula is C19H18ClN3O4. The standard InChI is InChI=1S/C19H18ClN3O4/c1-11-9-13(20)7-8-16(11)27-12(2)18(25)22-21-17-14-5-3-4-6-15(14)23(10-24)19(17)26/h3-9,12,24,26H,10H2,1-2H3. The van der Waals surface area contributed by atoms with Gasteiger partial charge in [0.2, 0.25) is 5.88 Å². The first-order valence-corrected chi connectivity index (χ1v) is 8.59. The van der Waals surface area contributed by atoms with Crippen molar-refractivity contribution in [2.24, 2.45) is 10.2 Å². The van der Waals surface area contributed by atoms with Crippen molar-refractivity contribution in [3.63, 3.8) is 0 Å². The van der Waals surface area contributed by atoms with Gasteiger partial charge in [-0.05, 0) is 43.7 Å². The number of aliphatic hydroxyl groups is 1. The quantitative estimate of drug-likeness (QED) is 0.636. The minimum atomic E-state index is -0.873. The lowest BCUT2D eigenvalue weighted by atomic mass is 10.2. The smallest absolute Gasteiger partial charge is 0.304 e. The number of carbonyl (C=O) groups excluding carboxylic acids is 1. The topological polar surface area (TPSA) is 96.4 Å². The van der Waals surface area contributed by atoms with E-state index in [-0.39, 0.29) is 11.6 Å². The van der Waals surface area contributed by atoms with E-state index < -0.39 is 18.7 Å². The normalized spacial score (nSPS) is 12.6. The summed E-state index contributed by atoms with van der Waals surface area (Å²) in [4.78, 5) is 12.3. The third-order valence-corrected chi connectivity index (χ3v) is 4.33. The zero-order chi connectivity index (χ0) is 19.6. The monoisotopic (exact) mass is 387 g/mol. The van der Waals surface area contributed by atoms with E-state index >= 15 is 0 Å². The molecule has 0 saturated carbocycles. The summed E-state index contributed by atoms with van der Waals surface area (Å²) in [5.74, 6) is -0.350. The Kier molecular flexibility index (Phi) is 5.43. The van der Waals surface area contributed by atoms with Crippen LogP contribution < -0.4 is 4.74 Å². The molecule has 7 nitrogen and oxygen atoms in total. The van der Waals surface area contributed by atoms with Crippen LogP contribution in [0, 0.1) is 6.92 Å². The van der Waals surface area contributed by atoms with Crippen LogP contribution in [0.4, 0.5) is 5.69 Å². The Morgan fingerprint density at radius 2 is 2.04 bits per heavy atom. The lowest BCUT2D eigenvalue weighted by Crippen LogP contribution is -2.21. The van der Waals surface area contributed by atoms with Gasteiger partial charge in [-0.2, -0.15) is 0 Å². The molecular weight excluding hydrogens is 370 g/mol. The van der Waals surface area contributed by atoms with E-state index in [9.17, 15) is 15.0 Å². The van der Waals surface area contributed by atoms with Crippen molar-refractivity contribution in [1.82, 2.24) is 4.57 Å². The first-order chi connectivity index (χ1) is 12.9. The molecule has 1 aromatic heterocycles. The molecule has 0 aliphatic rings. The van der Waals surface area contributed by atoms with E-state index in [0.717, 1.165) is 5.56 Å². The Bertz CT molecular complexity index is 1030. The van der Waals surface area contributed by atoms with Crippen molar-refractivity contribution in [1.29, 1.82) is 0 Å². The van der Waals surface area contributed by atoms with Gasteiger partial charge in [-0.25, -0.2) is 0 Å². The number of aryl methyl sites for hydroxylation is 1. The molecule has 0 aliphatic heterocycles. The molecule has 3 rings (SSSR count). The van der Waals surface area contributed by atoms with Crippen molar-refractivity contribution < 1.29 is 19.7 Å². The van der Waals surface area contributed by atoms with Crippen LogP contribution in [0.2, 0.25) is 5.02 Å². The molecule has 1 heterocycles. The predicted octanol–water partition coefficient (Wildman–Crippen LogP) is 4.34. The Balaban J connectivity index is 1.82. The number of rotatable bonds is 5. The highest BCUT2D eigenvalue weighted by molar-refractivity contribution is 6.30. The van der Waals surface area contributed by atoms with Gasteiger partial charge in [0.15, 0.2) is 11.8 Å². The van der Waals surface area contributed by atoms with Gasteiger partial charge in [0.25, 0.3) is 0 Å². The fourth-order valence-corrected chi connectivity index (χ4v) is 2.91. The summed E-state index contributed by atoms with van der Waals surface area (Å²) < 4.78 is 6.89. The zero-order valence-corrected chi connectivity index (χ0v) is 15.5. The molecule has 1 unspecified atom stereocenters. The summed E-state index contributed by atoms with van der Waals surface area (Å²) in [6.45, 7) is 2.96. The SMILES string of the molecule is Cc1cc(Cl)ccc1OC(C)C(=O)N=Nc1c(O)n(CO)c2ccccc12. The number of para-hydroxylation sites is 1. The number of aromatic hydroxyl groups is 1. The van der Waals surface area contributed by atoms with Crippen molar-refractivity contribution in [2.75, 3.05) is 0 Å². The van der Waals surface area contributed by atoms with Crippen molar-refractivity contribution in [2.45, 2.75) is 26.7 Å². The summed E-state index contributed by atoms with van der Waals surface area (Å²) in [5, 5.41) is 28.4. The second kappa shape index (κ2) is 7.77. The number of benzene rings is 2. The maximum absolute atomic E-state index is 12.3. The second-order valence-electron chi connectivity index (χ2n) is 5.97. The van der Waals surface area contributed by atoms with Gasteiger partial charge in [-0.3, -0.25) is 9.36 Å². The van der Waals surface area contributed by atoms with Crippen molar-refractivity contribution in [3.05, 3.63) is 53.1 Å². The van der Waals surface area contributed by atoms with E-state index in [1.54, 1.807) is 49.4 Å². The number of aliphatic hydroxyl groups excluding tert-OH is 1. The van der Waals surface area contributed by atoms with Crippen LogP contribution in [0.1, 0.15) is 12.5 Å². The summed E-state index contributed by atoms with van der Waals surface area (Å²) in [6, 6.07) is 12.1. The van der Waals surface area contributed by atoms with Crippen LogP contribution in [0.3, 0.4) is 0 Å². The highest BCUT2D eigenvalue weighted by Crippen LogP contribution is 2.38. The van der Waals surface area contributed by atoms with E-state index in [1.807, 2.05) is 6.92 Å². The molecule has 0 aliphatic carbocycles. The van der Waals surface area contributed by atoms with Gasteiger partial charge >= 0.3 is 5.91 Å². The molecule has 0 radical (unpaired) electrons. The fourth-order valence-electron chi connectivity index (χ4n) is 2.68. The lowest BCUT2D eigenvalue weighted by Gasteiger charge is -2.13. The average molecular weight is 388 g/mol. The molecule has 1 amide bonds. The molecule has 3 aromatic rings. The Morgan fingerprint density at radius 3 is 2.74 bits per heavy atom. The first kappa shape index (κ1) is 18.9. The maximum atomic E-state index is 12.3. The third kappa shape index (κ3) is 3.79. The number of fused-ring (bicyclic) bond motifs is 1. The maximum Gasteiger partial charge on any atom is 0.304 e. The molecule has 27 heavy (non-hydrogen) atoms. The first-order valence-electron chi connectivity index (χ1n) is 8.21. The van der Waals surface area contributed by atoms with Gasteiger partial charge in [-0.15, -0.1) is 10.2 Å². The van der Waals surface area contributed by atoms with Gasteiger partial charge in [-0.1, -0.05) is 29.8 Å². The molecule has 0 bridgehead atoms. The second-order valence-corrected chi connectivity index (χ2v) is 6.40. The predicted molar refractivity (Wildman–Crippen MR) is 102 cm³/mol. The van der Waals surface area contributed by atoms with E-state index in [1.165, 1.54) is 4.57 Å². The number of carbonyl (C=O) groups is 1. The zero-order valence-electron chi connectivity index (χ0n) is 14.8. The van der Waals surface area contributed by atoms with Crippen molar-refractivity contribution in [3.8, 4) is 11.6 Å². The lowest BCUT2D eigenvalue weighted by molar-refractivity contribution is -0.124. The number of azo groups is 1. The van der Waals surface area contributed by atoms with Crippen LogP contribution >= 0.6 is 11.6 Å².